The van der Waals surface area contributed by atoms with E-state index in [1.807, 2.05) is 36.4 Å². The number of nitrogens with one attached hydrogen (secondary N) is 2. The molecular weight excluding hydrogens is 406 g/mol. The van der Waals surface area contributed by atoms with Crippen molar-refractivity contribution in [3.63, 3.8) is 0 Å². The smallest absolute Gasteiger partial charge is 0.220 e. The maximum atomic E-state index is 12.6. The van der Waals surface area contributed by atoms with Gasteiger partial charge in [0.15, 0.2) is 0 Å². The molecule has 6 heteroatoms. The molecule has 0 unspecified atom stereocenters. The highest BCUT2D eigenvalue weighted by Crippen LogP contribution is 2.24. The Bertz CT molecular complexity index is 943. The summed E-state index contributed by atoms with van der Waals surface area (Å²) in [7, 11) is 0. The lowest BCUT2D eigenvalue weighted by molar-refractivity contribution is -0.122. The van der Waals surface area contributed by atoms with E-state index in [2.05, 4.69) is 54.4 Å². The summed E-state index contributed by atoms with van der Waals surface area (Å²) < 4.78 is 5.82. The molecule has 0 spiro atoms. The number of hydrogen-bond acceptors (Lipinski definition) is 4. The number of imidazole rings is 1. The van der Waals surface area contributed by atoms with Crippen LogP contribution in [0.1, 0.15) is 57.5 Å². The van der Waals surface area contributed by atoms with Crippen LogP contribution in [-0.2, 0) is 10.2 Å². The van der Waals surface area contributed by atoms with Gasteiger partial charge in [-0.1, -0.05) is 45.0 Å². The van der Waals surface area contributed by atoms with Crippen molar-refractivity contribution in [1.82, 2.24) is 15.3 Å². The van der Waals surface area contributed by atoms with Crippen molar-refractivity contribution in [3.8, 4) is 5.75 Å². The van der Waals surface area contributed by atoms with E-state index in [-0.39, 0.29) is 17.4 Å². The van der Waals surface area contributed by atoms with Crippen molar-refractivity contribution < 1.29 is 9.53 Å². The lowest BCUT2D eigenvalue weighted by atomic mass is 9.87. The Morgan fingerprint density at radius 1 is 1.16 bits per heavy atom. The Balaban J connectivity index is 1.49. The van der Waals surface area contributed by atoms with Crippen LogP contribution in [-0.4, -0.2) is 34.5 Å². The number of amides is 1. The molecule has 0 fully saturated rings. The molecule has 0 aliphatic rings. The van der Waals surface area contributed by atoms with E-state index in [1.165, 1.54) is 5.56 Å². The van der Waals surface area contributed by atoms with Crippen LogP contribution in [0.25, 0.3) is 11.0 Å². The lowest BCUT2D eigenvalue weighted by Gasteiger charge is -2.19. The largest absolute Gasteiger partial charge is 0.494 e. The summed E-state index contributed by atoms with van der Waals surface area (Å²) in [4.78, 5) is 20.6. The number of carbonyl (C=O) groups is 1. The molecule has 1 atom stereocenters. The van der Waals surface area contributed by atoms with E-state index in [4.69, 9.17) is 4.74 Å². The monoisotopic (exact) mass is 439 g/mol. The second-order valence-electron chi connectivity index (χ2n) is 8.77. The van der Waals surface area contributed by atoms with Crippen LogP contribution in [0.15, 0.2) is 48.5 Å². The number of hydrogen-bond donors (Lipinski definition) is 2. The van der Waals surface area contributed by atoms with Gasteiger partial charge in [-0.2, -0.15) is 11.8 Å². The number of fused-ring (bicyclic) bond motifs is 1. The number of rotatable bonds is 10. The minimum atomic E-state index is -0.113. The number of aromatic nitrogens is 2. The Hall–Kier alpha value is -2.47. The predicted molar refractivity (Wildman–Crippen MR) is 130 cm³/mol. The molecule has 166 valence electrons. The fraction of sp³-hybridized carbons (Fsp3) is 0.440. The average Bonchev–Trinajstić information content (AvgIpc) is 3.18. The third kappa shape index (κ3) is 6.76. The Morgan fingerprint density at radius 3 is 2.58 bits per heavy atom. The van der Waals surface area contributed by atoms with Crippen molar-refractivity contribution in [1.29, 1.82) is 0 Å². The van der Waals surface area contributed by atoms with Gasteiger partial charge >= 0.3 is 0 Å². The zero-order valence-corrected chi connectivity index (χ0v) is 19.7. The third-order valence-electron chi connectivity index (χ3n) is 5.22. The molecule has 0 bridgehead atoms. The van der Waals surface area contributed by atoms with Gasteiger partial charge in [-0.25, -0.2) is 4.98 Å². The molecule has 0 aliphatic carbocycles. The number of para-hydroxylation sites is 2. The number of thioether (sulfide) groups is 1. The number of carbonyl (C=O) groups excluding carboxylic acids is 1. The molecule has 1 aromatic heterocycles. The van der Waals surface area contributed by atoms with Gasteiger partial charge in [0.1, 0.15) is 11.6 Å². The molecule has 0 saturated heterocycles. The number of nitrogens with zero attached hydrogens (tertiary/aromatic N) is 1. The van der Waals surface area contributed by atoms with Gasteiger partial charge in [0, 0.05) is 6.42 Å². The van der Waals surface area contributed by atoms with Gasteiger partial charge in [0.25, 0.3) is 0 Å². The molecule has 1 amide bonds. The lowest BCUT2D eigenvalue weighted by Crippen LogP contribution is -2.29. The van der Waals surface area contributed by atoms with Gasteiger partial charge in [-0.15, -0.1) is 0 Å². The molecule has 0 saturated carbocycles. The summed E-state index contributed by atoms with van der Waals surface area (Å²) in [6.07, 6.45) is 4.00. The van der Waals surface area contributed by atoms with Gasteiger partial charge in [0.05, 0.1) is 23.7 Å². The Kier molecular flexibility index (Phi) is 8.02. The van der Waals surface area contributed by atoms with E-state index in [0.717, 1.165) is 34.8 Å². The summed E-state index contributed by atoms with van der Waals surface area (Å²) in [6.45, 7) is 7.10. The number of ether oxygens (including phenoxy) is 1. The normalized spacial score (nSPS) is 12.6. The van der Waals surface area contributed by atoms with Crippen LogP contribution in [0, 0.1) is 0 Å². The van der Waals surface area contributed by atoms with Gasteiger partial charge in [-0.05, 0) is 60.1 Å². The van der Waals surface area contributed by atoms with Crippen molar-refractivity contribution in [2.75, 3.05) is 18.6 Å². The molecule has 31 heavy (non-hydrogen) atoms. The summed E-state index contributed by atoms with van der Waals surface area (Å²) in [5, 5.41) is 3.15. The van der Waals surface area contributed by atoms with E-state index in [9.17, 15) is 4.79 Å². The van der Waals surface area contributed by atoms with Crippen molar-refractivity contribution in [2.45, 2.75) is 51.5 Å². The fourth-order valence-electron chi connectivity index (χ4n) is 3.39. The highest BCUT2D eigenvalue weighted by atomic mass is 32.2. The van der Waals surface area contributed by atoms with Gasteiger partial charge < -0.3 is 15.0 Å². The van der Waals surface area contributed by atoms with Gasteiger partial charge in [-0.3, -0.25) is 4.79 Å². The van der Waals surface area contributed by atoms with Crippen molar-refractivity contribution in [2.24, 2.45) is 0 Å². The van der Waals surface area contributed by atoms with Crippen LogP contribution >= 0.6 is 11.8 Å². The minimum Gasteiger partial charge on any atom is -0.494 e. The molecule has 2 aromatic carbocycles. The number of aromatic amines is 1. The molecule has 0 aliphatic heterocycles. The van der Waals surface area contributed by atoms with Crippen molar-refractivity contribution >= 4 is 28.7 Å². The number of benzene rings is 2. The van der Waals surface area contributed by atoms with E-state index in [0.29, 0.717) is 19.4 Å². The standard InChI is InChI=1S/C25H33N3O2S/c1-25(2,3)18-11-13-19(14-12-18)30-16-7-10-23(29)26-22(15-17-31-4)24-27-20-8-5-6-9-21(20)28-24/h5-6,8-9,11-14,22H,7,10,15-17H2,1-4H3,(H,26,29)(H,27,28)/t22-/m0/s1. The Labute approximate surface area is 189 Å². The second kappa shape index (κ2) is 10.7. The first-order valence-corrected chi connectivity index (χ1v) is 12.2. The van der Waals surface area contributed by atoms with E-state index < -0.39 is 0 Å². The zero-order chi connectivity index (χ0) is 22.3. The highest BCUT2D eigenvalue weighted by Gasteiger charge is 2.18. The first kappa shape index (κ1) is 23.2. The molecule has 3 aromatic rings. The molecule has 5 nitrogen and oxygen atoms in total. The van der Waals surface area contributed by atoms with Crippen LogP contribution < -0.4 is 10.1 Å². The fourth-order valence-corrected chi connectivity index (χ4v) is 3.86. The number of H-pyrrole nitrogens is 1. The first-order valence-electron chi connectivity index (χ1n) is 10.8. The quantitative estimate of drug-likeness (QED) is 0.402. The summed E-state index contributed by atoms with van der Waals surface area (Å²) >= 11 is 1.77. The van der Waals surface area contributed by atoms with Crippen LogP contribution in [0.2, 0.25) is 0 Å². The summed E-state index contributed by atoms with van der Waals surface area (Å²) in [5.74, 6) is 2.64. The maximum absolute atomic E-state index is 12.6. The second-order valence-corrected chi connectivity index (χ2v) is 9.75. The van der Waals surface area contributed by atoms with E-state index >= 15 is 0 Å². The SMILES string of the molecule is CSCC[C@H](NC(=O)CCCOc1ccc(C(C)(C)C)cc1)c1nc2ccccc2[nH]1. The summed E-state index contributed by atoms with van der Waals surface area (Å²) in [5.41, 5.74) is 3.32. The average molecular weight is 440 g/mol. The molecule has 2 N–H and O–H groups in total. The minimum absolute atomic E-state index is 0.0261. The third-order valence-corrected chi connectivity index (χ3v) is 5.86. The molecule has 1 heterocycles. The van der Waals surface area contributed by atoms with Crippen LogP contribution in [0.4, 0.5) is 0 Å². The van der Waals surface area contributed by atoms with Crippen LogP contribution in [0.3, 0.4) is 0 Å². The zero-order valence-electron chi connectivity index (χ0n) is 18.9. The molecular formula is C25H33N3O2S. The van der Waals surface area contributed by atoms with Crippen molar-refractivity contribution in [3.05, 3.63) is 59.9 Å². The summed E-state index contributed by atoms with van der Waals surface area (Å²) in [6, 6.07) is 16.0. The van der Waals surface area contributed by atoms with E-state index in [1.54, 1.807) is 11.8 Å². The topological polar surface area (TPSA) is 67.0 Å². The van der Waals surface area contributed by atoms with Gasteiger partial charge in [0.2, 0.25) is 5.91 Å². The molecule has 0 radical (unpaired) electrons. The molecule has 3 rings (SSSR count). The maximum Gasteiger partial charge on any atom is 0.220 e. The first-order chi connectivity index (χ1) is 14.9. The Morgan fingerprint density at radius 2 is 1.90 bits per heavy atom. The highest BCUT2D eigenvalue weighted by molar-refractivity contribution is 7.98. The van der Waals surface area contributed by atoms with Crippen LogP contribution in [0.5, 0.6) is 5.75 Å². The predicted octanol–water partition coefficient (Wildman–Crippen LogP) is 5.63.